The molecule has 3 atom stereocenters. The first-order chi connectivity index (χ1) is 21.2. The second-order valence-electron chi connectivity index (χ2n) is 11.6. The number of aryl methyl sites for hydroxylation is 1. The summed E-state index contributed by atoms with van der Waals surface area (Å²) in [7, 11) is 1.73. The van der Waals surface area contributed by atoms with Crippen LogP contribution in [0.5, 0.6) is 0 Å². The number of hydrogen-bond donors (Lipinski definition) is 2. The van der Waals surface area contributed by atoms with Crippen LogP contribution < -0.4 is 10.6 Å². The molecule has 4 rings (SSSR count). The van der Waals surface area contributed by atoms with Crippen molar-refractivity contribution in [3.8, 4) is 6.07 Å². The average Bonchev–Trinajstić information content (AvgIpc) is 3.71. The number of carbonyl (C=O) groups excluding carboxylic acids is 2. The number of amidine groups is 1. The Balaban J connectivity index is 1.29. The van der Waals surface area contributed by atoms with Crippen LogP contribution in [0.4, 0.5) is 5.13 Å². The molecule has 0 aliphatic heterocycles. The molecule has 0 bridgehead atoms. The fraction of sp³-hybridized carbons (Fsp3) is 0.471. The smallest absolute Gasteiger partial charge is 0.230 e. The van der Waals surface area contributed by atoms with Crippen LogP contribution >= 0.6 is 23.1 Å². The molecule has 1 aliphatic carbocycles. The van der Waals surface area contributed by atoms with Crippen molar-refractivity contribution in [2.24, 2.45) is 10.9 Å². The van der Waals surface area contributed by atoms with Gasteiger partial charge >= 0.3 is 0 Å². The van der Waals surface area contributed by atoms with E-state index in [-0.39, 0.29) is 28.9 Å². The number of nitrogens with one attached hydrogen (secondary N) is 2. The van der Waals surface area contributed by atoms with E-state index in [9.17, 15) is 9.59 Å². The molecule has 10 heteroatoms. The maximum atomic E-state index is 12.9. The number of thioether (sulfide) groups is 1. The number of amides is 2. The summed E-state index contributed by atoms with van der Waals surface area (Å²) in [5.74, 6) is 0.494. The molecule has 0 spiro atoms. The fourth-order valence-corrected chi connectivity index (χ4v) is 7.73. The number of nitrogens with zero attached hydrogens (tertiary/aromatic N) is 4. The molecule has 3 unspecified atom stereocenters. The molecule has 2 aromatic carbocycles. The molecule has 1 aliphatic rings. The Labute approximate surface area is 269 Å². The van der Waals surface area contributed by atoms with Gasteiger partial charge in [0.1, 0.15) is 5.01 Å². The van der Waals surface area contributed by atoms with E-state index in [1.165, 1.54) is 29.7 Å². The van der Waals surface area contributed by atoms with Gasteiger partial charge in [-0.15, -0.1) is 10.2 Å². The van der Waals surface area contributed by atoms with Gasteiger partial charge < -0.3 is 10.6 Å². The second kappa shape index (κ2) is 16.0. The van der Waals surface area contributed by atoms with Gasteiger partial charge in [-0.3, -0.25) is 14.6 Å². The van der Waals surface area contributed by atoms with Crippen LogP contribution in [0, 0.1) is 17.2 Å². The summed E-state index contributed by atoms with van der Waals surface area (Å²) in [5, 5.41) is 25.7. The van der Waals surface area contributed by atoms with Gasteiger partial charge in [-0.05, 0) is 80.2 Å². The Morgan fingerprint density at radius 2 is 1.68 bits per heavy atom. The highest BCUT2D eigenvalue weighted by molar-refractivity contribution is 8.15. The van der Waals surface area contributed by atoms with Crippen molar-refractivity contribution in [1.29, 1.82) is 5.26 Å². The number of carbonyl (C=O) groups is 2. The predicted octanol–water partition coefficient (Wildman–Crippen LogP) is 7.06. The van der Waals surface area contributed by atoms with Crippen LogP contribution in [0.2, 0.25) is 0 Å². The summed E-state index contributed by atoms with van der Waals surface area (Å²) >= 11 is 3.11. The Bertz CT molecular complexity index is 1480. The first-order valence-corrected chi connectivity index (χ1v) is 17.0. The van der Waals surface area contributed by atoms with Crippen molar-refractivity contribution in [3.05, 3.63) is 75.8 Å². The van der Waals surface area contributed by atoms with Gasteiger partial charge in [0.25, 0.3) is 0 Å². The summed E-state index contributed by atoms with van der Waals surface area (Å²) in [6.45, 7) is 6.66. The molecule has 3 aromatic rings. The Hall–Kier alpha value is -3.55. The van der Waals surface area contributed by atoms with Crippen LogP contribution in [0.1, 0.15) is 92.5 Å². The van der Waals surface area contributed by atoms with Crippen molar-refractivity contribution in [1.82, 2.24) is 15.5 Å². The molecular formula is C34H42N6O2S2. The second-order valence-corrected chi connectivity index (χ2v) is 14.2. The van der Waals surface area contributed by atoms with Gasteiger partial charge in [0.05, 0.1) is 24.5 Å². The number of nitriles is 1. The van der Waals surface area contributed by atoms with Crippen molar-refractivity contribution in [2.45, 2.75) is 89.2 Å². The monoisotopic (exact) mass is 630 g/mol. The molecule has 1 saturated carbocycles. The summed E-state index contributed by atoms with van der Waals surface area (Å²) in [5.41, 5.74) is 3.72. The highest BCUT2D eigenvalue weighted by Crippen LogP contribution is 2.50. The number of anilines is 1. The summed E-state index contributed by atoms with van der Waals surface area (Å²) in [6, 6.07) is 17.4. The third kappa shape index (κ3) is 9.23. The summed E-state index contributed by atoms with van der Waals surface area (Å²) in [4.78, 5) is 29.9. The molecule has 1 aromatic heterocycles. The zero-order valence-electron chi connectivity index (χ0n) is 26.1. The largest absolute Gasteiger partial charge is 0.305 e. The molecule has 1 heterocycles. The molecule has 8 nitrogen and oxygen atoms in total. The normalized spacial score (nSPS) is 17.9. The van der Waals surface area contributed by atoms with Crippen LogP contribution in [-0.4, -0.2) is 39.0 Å². The van der Waals surface area contributed by atoms with Crippen LogP contribution in [0.15, 0.2) is 53.5 Å². The van der Waals surface area contributed by atoms with Gasteiger partial charge in [0.2, 0.25) is 16.9 Å². The molecular weight excluding hydrogens is 589 g/mol. The molecule has 2 amide bonds. The SMILES string of the molecule is CCCCc1ccc(CC(=O)NC(=NC)SC(C)(CC)C2CCC(c3nnc(NC(=O)Cc4ccc(C#N)cc4)s3)C2)cc1. The van der Waals surface area contributed by atoms with Gasteiger partial charge in [-0.1, -0.05) is 79.8 Å². The highest BCUT2D eigenvalue weighted by Gasteiger charge is 2.41. The van der Waals surface area contributed by atoms with E-state index in [4.69, 9.17) is 5.26 Å². The summed E-state index contributed by atoms with van der Waals surface area (Å²) < 4.78 is -0.0966. The zero-order valence-corrected chi connectivity index (χ0v) is 27.7. The minimum absolute atomic E-state index is 0.0511. The quantitative estimate of drug-likeness (QED) is 0.163. The highest BCUT2D eigenvalue weighted by atomic mass is 32.2. The lowest BCUT2D eigenvalue weighted by Gasteiger charge is -2.34. The Kier molecular flexibility index (Phi) is 12.1. The van der Waals surface area contributed by atoms with E-state index < -0.39 is 0 Å². The van der Waals surface area contributed by atoms with Gasteiger partial charge in [0.15, 0.2) is 5.17 Å². The number of benzene rings is 2. The first kappa shape index (κ1) is 33.3. The lowest BCUT2D eigenvalue weighted by atomic mass is 9.88. The maximum absolute atomic E-state index is 12.9. The number of hydrogen-bond acceptors (Lipinski definition) is 8. The van der Waals surface area contributed by atoms with Crippen LogP contribution in [0.3, 0.4) is 0 Å². The van der Waals surface area contributed by atoms with E-state index in [0.717, 1.165) is 48.2 Å². The van der Waals surface area contributed by atoms with E-state index in [0.29, 0.717) is 28.2 Å². The maximum Gasteiger partial charge on any atom is 0.230 e. The van der Waals surface area contributed by atoms with Crippen LogP contribution in [0.25, 0.3) is 0 Å². The molecule has 2 N–H and O–H groups in total. The predicted molar refractivity (Wildman–Crippen MR) is 180 cm³/mol. The first-order valence-electron chi connectivity index (χ1n) is 15.4. The fourth-order valence-electron chi connectivity index (χ4n) is 5.60. The van der Waals surface area contributed by atoms with E-state index >= 15 is 0 Å². The lowest BCUT2D eigenvalue weighted by molar-refractivity contribution is -0.119. The van der Waals surface area contributed by atoms with Crippen molar-refractivity contribution >= 4 is 45.2 Å². The standard InChI is InChI=1S/C34H42N6O2S2/c1-5-7-8-23-9-11-24(12-10-23)19-29(41)37-32(36-4)44-34(3,6-2)28-18-17-27(21-28)31-39-40-33(43-31)38-30(42)20-25-13-15-26(22-35)16-14-25/h9-16,27-28H,5-8,17-21H2,1-4H3,(H,36,37,41)(H,38,40,42). The third-order valence-corrected chi connectivity index (χ3v) is 11.0. The third-order valence-electron chi connectivity index (χ3n) is 8.47. The summed E-state index contributed by atoms with van der Waals surface area (Å²) in [6.07, 6.45) is 7.92. The van der Waals surface area contributed by atoms with E-state index in [1.54, 1.807) is 43.1 Å². The van der Waals surface area contributed by atoms with Gasteiger partial charge in [-0.2, -0.15) is 5.26 Å². The number of unbranched alkanes of at least 4 members (excludes halogenated alkanes) is 1. The lowest BCUT2D eigenvalue weighted by Crippen LogP contribution is -2.37. The minimum atomic E-state index is -0.158. The van der Waals surface area contributed by atoms with Crippen molar-refractivity contribution < 1.29 is 9.59 Å². The Morgan fingerprint density at radius 1 is 1.02 bits per heavy atom. The number of rotatable bonds is 12. The molecule has 1 fully saturated rings. The van der Waals surface area contributed by atoms with E-state index in [1.807, 2.05) is 0 Å². The van der Waals surface area contributed by atoms with Gasteiger partial charge in [0, 0.05) is 17.7 Å². The van der Waals surface area contributed by atoms with Crippen LogP contribution in [-0.2, 0) is 28.9 Å². The van der Waals surface area contributed by atoms with Gasteiger partial charge in [-0.25, -0.2) is 0 Å². The number of aromatic nitrogens is 2. The number of aliphatic imine (C=N–C) groups is 1. The minimum Gasteiger partial charge on any atom is -0.305 e. The molecule has 0 saturated heterocycles. The molecule has 232 valence electrons. The topological polar surface area (TPSA) is 120 Å². The molecule has 44 heavy (non-hydrogen) atoms. The van der Waals surface area contributed by atoms with Crippen molar-refractivity contribution in [2.75, 3.05) is 12.4 Å². The zero-order chi connectivity index (χ0) is 31.5. The van der Waals surface area contributed by atoms with Crippen molar-refractivity contribution in [3.63, 3.8) is 0 Å². The molecule has 0 radical (unpaired) electrons. The van der Waals surface area contributed by atoms with E-state index in [2.05, 4.69) is 76.9 Å². The Morgan fingerprint density at radius 3 is 2.32 bits per heavy atom. The average molecular weight is 631 g/mol.